The smallest absolute Gasteiger partial charge is 0.211 e. The van der Waals surface area contributed by atoms with E-state index in [1.54, 1.807) is 11.3 Å². The fourth-order valence-corrected chi connectivity index (χ4v) is 4.13. The lowest BCUT2D eigenvalue weighted by atomic mass is 10.3. The normalized spacial score (nSPS) is 12.2. The molecule has 0 saturated carbocycles. The molecule has 0 atom stereocenters. The van der Waals surface area contributed by atoms with Crippen LogP contribution >= 0.6 is 27.3 Å². The lowest BCUT2D eigenvalue weighted by Crippen LogP contribution is -2.27. The highest BCUT2D eigenvalue weighted by Crippen LogP contribution is 2.21. The Hall–Kier alpha value is 0.0500. The van der Waals surface area contributed by atoms with Gasteiger partial charge in [-0.2, -0.15) is 0 Å². The van der Waals surface area contributed by atoms with Crippen molar-refractivity contribution in [1.82, 2.24) is 10.0 Å². The summed E-state index contributed by atoms with van der Waals surface area (Å²) in [5.41, 5.74) is 0. The molecule has 0 radical (unpaired) electrons. The molecule has 0 aliphatic carbocycles. The second kappa shape index (κ2) is 8.36. The number of rotatable bonds is 9. The monoisotopic (exact) mass is 368 g/mol. The van der Waals surface area contributed by atoms with Crippen molar-refractivity contribution in [3.8, 4) is 0 Å². The summed E-state index contributed by atoms with van der Waals surface area (Å²) in [5, 5.41) is 3.27. The second-order valence-electron chi connectivity index (χ2n) is 4.66. The first-order valence-electron chi connectivity index (χ1n) is 6.34. The number of thiophene rings is 1. The van der Waals surface area contributed by atoms with Crippen LogP contribution in [-0.2, 0) is 16.6 Å². The van der Waals surface area contributed by atoms with Crippen LogP contribution in [-0.4, -0.2) is 26.8 Å². The van der Waals surface area contributed by atoms with E-state index >= 15 is 0 Å². The van der Waals surface area contributed by atoms with Crippen LogP contribution in [0.4, 0.5) is 0 Å². The lowest BCUT2D eigenvalue weighted by molar-refractivity contribution is 0.555. The Labute approximate surface area is 128 Å². The van der Waals surface area contributed by atoms with Crippen molar-refractivity contribution in [2.45, 2.75) is 39.3 Å². The predicted molar refractivity (Wildman–Crippen MR) is 85.0 cm³/mol. The summed E-state index contributed by atoms with van der Waals surface area (Å²) in [6, 6.07) is 4.29. The summed E-state index contributed by atoms with van der Waals surface area (Å²) in [4.78, 5) is 1.01. The number of halogens is 1. The average molecular weight is 369 g/mol. The SMILES string of the molecule is CC(C)NCCCCS(=O)(=O)NCc1ccc(Br)s1. The van der Waals surface area contributed by atoms with Crippen molar-refractivity contribution in [2.75, 3.05) is 12.3 Å². The number of nitrogens with one attached hydrogen (secondary N) is 2. The highest BCUT2D eigenvalue weighted by molar-refractivity contribution is 9.11. The third-order valence-electron chi connectivity index (χ3n) is 2.49. The van der Waals surface area contributed by atoms with Crippen LogP contribution in [0.15, 0.2) is 15.9 Å². The van der Waals surface area contributed by atoms with Crippen LogP contribution in [0.1, 0.15) is 31.6 Å². The van der Waals surface area contributed by atoms with E-state index in [1.165, 1.54) is 0 Å². The van der Waals surface area contributed by atoms with E-state index in [4.69, 9.17) is 0 Å². The molecular weight excluding hydrogens is 348 g/mol. The van der Waals surface area contributed by atoms with E-state index in [0.29, 0.717) is 19.0 Å². The number of unbranched alkanes of at least 4 members (excludes halogenated alkanes) is 1. The topological polar surface area (TPSA) is 58.2 Å². The molecule has 0 bridgehead atoms. The summed E-state index contributed by atoms with van der Waals surface area (Å²) in [6.07, 6.45) is 1.56. The standard InChI is InChI=1S/C12H21BrN2O2S2/c1-10(2)14-7-3-4-8-19(16,17)15-9-11-5-6-12(13)18-11/h5-6,10,14-15H,3-4,7-9H2,1-2H3. The molecule has 110 valence electrons. The average Bonchev–Trinajstić information content (AvgIpc) is 2.72. The third kappa shape index (κ3) is 8.04. The first-order chi connectivity index (χ1) is 8.89. The molecule has 0 aliphatic rings. The van der Waals surface area contributed by atoms with Crippen LogP contribution in [0, 0.1) is 0 Å². The fourth-order valence-electron chi connectivity index (χ4n) is 1.51. The van der Waals surface area contributed by atoms with Gasteiger partial charge in [-0.05, 0) is 47.4 Å². The number of hydrogen-bond donors (Lipinski definition) is 2. The molecule has 0 unspecified atom stereocenters. The summed E-state index contributed by atoms with van der Waals surface area (Å²) in [7, 11) is -3.16. The van der Waals surface area contributed by atoms with Crippen molar-refractivity contribution in [2.24, 2.45) is 0 Å². The van der Waals surface area contributed by atoms with Gasteiger partial charge in [0.25, 0.3) is 0 Å². The van der Waals surface area contributed by atoms with E-state index < -0.39 is 10.0 Å². The minimum absolute atomic E-state index is 0.194. The maximum Gasteiger partial charge on any atom is 0.211 e. The van der Waals surface area contributed by atoms with E-state index in [9.17, 15) is 8.42 Å². The largest absolute Gasteiger partial charge is 0.315 e. The Morgan fingerprint density at radius 1 is 1.32 bits per heavy atom. The van der Waals surface area contributed by atoms with Crippen LogP contribution in [0.3, 0.4) is 0 Å². The van der Waals surface area contributed by atoms with Gasteiger partial charge in [0.15, 0.2) is 0 Å². The zero-order valence-corrected chi connectivity index (χ0v) is 14.5. The van der Waals surface area contributed by atoms with Gasteiger partial charge in [0.2, 0.25) is 10.0 Å². The number of hydrogen-bond acceptors (Lipinski definition) is 4. The maximum absolute atomic E-state index is 11.8. The van der Waals surface area contributed by atoms with Gasteiger partial charge < -0.3 is 5.32 Å². The van der Waals surface area contributed by atoms with Crippen molar-refractivity contribution in [3.63, 3.8) is 0 Å². The van der Waals surface area contributed by atoms with Crippen LogP contribution in [0.2, 0.25) is 0 Å². The van der Waals surface area contributed by atoms with Gasteiger partial charge in [-0.3, -0.25) is 0 Å². The summed E-state index contributed by atoms with van der Waals surface area (Å²) in [6.45, 7) is 5.41. The molecule has 4 nitrogen and oxygen atoms in total. The van der Waals surface area contributed by atoms with Gasteiger partial charge in [0, 0.05) is 17.5 Å². The summed E-state index contributed by atoms with van der Waals surface area (Å²) < 4.78 is 27.2. The van der Waals surface area contributed by atoms with Gasteiger partial charge in [-0.25, -0.2) is 13.1 Å². The molecule has 1 heterocycles. The molecule has 0 saturated heterocycles. The minimum Gasteiger partial charge on any atom is -0.315 e. The van der Waals surface area contributed by atoms with Gasteiger partial charge in [0.05, 0.1) is 9.54 Å². The van der Waals surface area contributed by atoms with Crippen molar-refractivity contribution >= 4 is 37.3 Å². The third-order valence-corrected chi connectivity index (χ3v) is 5.52. The van der Waals surface area contributed by atoms with E-state index in [2.05, 4.69) is 39.8 Å². The van der Waals surface area contributed by atoms with E-state index in [1.807, 2.05) is 12.1 Å². The van der Waals surface area contributed by atoms with E-state index in [0.717, 1.165) is 21.6 Å². The van der Waals surface area contributed by atoms with Crippen LogP contribution < -0.4 is 10.0 Å². The Bertz CT molecular complexity index is 472. The van der Waals surface area contributed by atoms with Crippen LogP contribution in [0.25, 0.3) is 0 Å². The minimum atomic E-state index is -3.16. The van der Waals surface area contributed by atoms with Gasteiger partial charge in [-0.1, -0.05) is 13.8 Å². The molecule has 0 amide bonds. The van der Waals surface area contributed by atoms with E-state index in [-0.39, 0.29) is 5.75 Å². The molecule has 0 aliphatic heterocycles. The molecular formula is C12H21BrN2O2S2. The highest BCUT2D eigenvalue weighted by atomic mass is 79.9. The van der Waals surface area contributed by atoms with Gasteiger partial charge in [-0.15, -0.1) is 11.3 Å². The molecule has 7 heteroatoms. The zero-order chi connectivity index (χ0) is 14.3. The molecule has 0 aromatic carbocycles. The first-order valence-corrected chi connectivity index (χ1v) is 9.60. The fraction of sp³-hybridized carbons (Fsp3) is 0.667. The molecule has 1 aromatic heterocycles. The van der Waals surface area contributed by atoms with Gasteiger partial charge in [0.1, 0.15) is 0 Å². The Balaban J connectivity index is 2.21. The highest BCUT2D eigenvalue weighted by Gasteiger charge is 2.10. The second-order valence-corrected chi connectivity index (χ2v) is 9.14. The van der Waals surface area contributed by atoms with Crippen molar-refractivity contribution in [3.05, 3.63) is 20.8 Å². The summed E-state index contributed by atoms with van der Waals surface area (Å²) in [5.74, 6) is 0.194. The first kappa shape index (κ1) is 17.1. The number of sulfonamides is 1. The summed E-state index contributed by atoms with van der Waals surface area (Å²) >= 11 is 4.90. The molecule has 1 aromatic rings. The predicted octanol–water partition coefficient (Wildman–Crippen LogP) is 2.71. The van der Waals surface area contributed by atoms with Crippen molar-refractivity contribution < 1.29 is 8.42 Å². The van der Waals surface area contributed by atoms with Crippen LogP contribution in [0.5, 0.6) is 0 Å². The molecule has 19 heavy (non-hydrogen) atoms. The quantitative estimate of drug-likeness (QED) is 0.658. The van der Waals surface area contributed by atoms with Crippen molar-refractivity contribution in [1.29, 1.82) is 0 Å². The Morgan fingerprint density at radius 2 is 2.05 bits per heavy atom. The molecule has 0 spiro atoms. The lowest BCUT2D eigenvalue weighted by Gasteiger charge is -2.08. The Morgan fingerprint density at radius 3 is 2.63 bits per heavy atom. The maximum atomic E-state index is 11.8. The molecule has 2 N–H and O–H groups in total. The Kier molecular flexibility index (Phi) is 7.53. The molecule has 1 rings (SSSR count). The van der Waals surface area contributed by atoms with Gasteiger partial charge >= 0.3 is 0 Å². The molecule has 0 fully saturated rings. The zero-order valence-electron chi connectivity index (χ0n) is 11.3.